The van der Waals surface area contributed by atoms with Crippen LogP contribution in [0.25, 0.3) is 11.8 Å². The third-order valence-corrected chi connectivity index (χ3v) is 5.82. The summed E-state index contributed by atoms with van der Waals surface area (Å²) in [4.78, 5) is 21.5. The van der Waals surface area contributed by atoms with Crippen LogP contribution < -0.4 is 5.32 Å². The summed E-state index contributed by atoms with van der Waals surface area (Å²) >= 11 is 0. The monoisotopic (exact) mass is 400 g/mol. The number of rotatable bonds is 4. The zero-order valence-electron chi connectivity index (χ0n) is 16.9. The minimum Gasteiger partial charge on any atom is -0.365 e. The van der Waals surface area contributed by atoms with Gasteiger partial charge in [0.25, 0.3) is 5.91 Å². The van der Waals surface area contributed by atoms with Gasteiger partial charge in [0.05, 0.1) is 29.3 Å². The summed E-state index contributed by atoms with van der Waals surface area (Å²) in [5.41, 5.74) is 3.65. The van der Waals surface area contributed by atoms with Crippen LogP contribution in [0.5, 0.6) is 0 Å². The van der Waals surface area contributed by atoms with Gasteiger partial charge in [-0.2, -0.15) is 15.0 Å². The Kier molecular flexibility index (Phi) is 4.78. The van der Waals surface area contributed by atoms with Gasteiger partial charge in [-0.15, -0.1) is 0 Å². The fraction of sp³-hybridized carbons (Fsp3) is 0.304. The Morgan fingerprint density at radius 3 is 2.83 bits per heavy atom. The molecule has 1 amide bonds. The van der Waals surface area contributed by atoms with E-state index in [0.29, 0.717) is 17.8 Å². The van der Waals surface area contributed by atoms with Crippen molar-refractivity contribution in [1.29, 1.82) is 0 Å². The third-order valence-electron chi connectivity index (χ3n) is 5.82. The second kappa shape index (κ2) is 7.74. The number of nitrogens with one attached hydrogen (secondary N) is 1. The Balaban J connectivity index is 1.33. The molecule has 0 bridgehead atoms. The van der Waals surface area contributed by atoms with E-state index in [1.54, 1.807) is 12.4 Å². The first-order chi connectivity index (χ1) is 14.7. The van der Waals surface area contributed by atoms with E-state index >= 15 is 0 Å². The average Bonchev–Trinajstić information content (AvgIpc) is 3.43. The molecule has 1 aliphatic heterocycles. The number of aryl methyl sites for hydroxylation is 1. The Morgan fingerprint density at radius 1 is 1.13 bits per heavy atom. The van der Waals surface area contributed by atoms with Crippen molar-refractivity contribution < 1.29 is 4.79 Å². The molecule has 7 nitrogen and oxygen atoms in total. The van der Waals surface area contributed by atoms with Crippen LogP contribution in [0.4, 0.5) is 5.82 Å². The van der Waals surface area contributed by atoms with Crippen LogP contribution in [0.1, 0.15) is 41.4 Å². The number of allylic oxidation sites excluding steroid dienone is 1. The zero-order chi connectivity index (χ0) is 20.5. The van der Waals surface area contributed by atoms with Crippen LogP contribution in [-0.4, -0.2) is 49.4 Å². The van der Waals surface area contributed by atoms with E-state index in [1.807, 2.05) is 35.2 Å². The first-order valence-electron chi connectivity index (χ1n) is 10.4. The van der Waals surface area contributed by atoms with Gasteiger partial charge in [0, 0.05) is 18.6 Å². The number of likely N-dealkylation sites (tertiary alicyclic amines) is 1. The van der Waals surface area contributed by atoms with Gasteiger partial charge in [-0.25, -0.2) is 4.98 Å². The molecule has 5 rings (SSSR count). The van der Waals surface area contributed by atoms with Gasteiger partial charge in [0.1, 0.15) is 5.82 Å². The van der Waals surface area contributed by atoms with Crippen LogP contribution in [0.15, 0.2) is 54.9 Å². The molecule has 2 atom stereocenters. The van der Waals surface area contributed by atoms with E-state index in [-0.39, 0.29) is 18.0 Å². The molecule has 2 aromatic heterocycles. The Morgan fingerprint density at radius 2 is 1.97 bits per heavy atom. The van der Waals surface area contributed by atoms with Crippen LogP contribution in [-0.2, 0) is 6.42 Å². The second-order valence-corrected chi connectivity index (χ2v) is 7.90. The van der Waals surface area contributed by atoms with Crippen molar-refractivity contribution >= 4 is 17.8 Å². The lowest BCUT2D eigenvalue weighted by atomic mass is 10.0. The van der Waals surface area contributed by atoms with Gasteiger partial charge in [-0.05, 0) is 56.0 Å². The molecule has 0 saturated carbocycles. The highest BCUT2D eigenvalue weighted by Gasteiger charge is 2.34. The minimum absolute atomic E-state index is 0.000957. The highest BCUT2D eigenvalue weighted by molar-refractivity contribution is 5.98. The van der Waals surface area contributed by atoms with Gasteiger partial charge >= 0.3 is 0 Å². The smallest absolute Gasteiger partial charge is 0.256 e. The van der Waals surface area contributed by atoms with Crippen molar-refractivity contribution in [2.75, 3.05) is 11.9 Å². The van der Waals surface area contributed by atoms with Gasteiger partial charge in [0.2, 0.25) is 0 Å². The Hall–Kier alpha value is -3.48. The predicted molar refractivity (Wildman–Crippen MR) is 115 cm³/mol. The average molecular weight is 400 g/mol. The van der Waals surface area contributed by atoms with E-state index in [4.69, 9.17) is 4.98 Å². The number of fused-ring (bicyclic) bond motifs is 1. The quantitative estimate of drug-likeness (QED) is 0.727. The molecule has 3 heterocycles. The molecule has 1 aliphatic carbocycles. The number of anilines is 1. The van der Waals surface area contributed by atoms with Crippen LogP contribution >= 0.6 is 0 Å². The fourth-order valence-corrected chi connectivity index (χ4v) is 4.33. The molecule has 3 aromatic rings. The van der Waals surface area contributed by atoms with Crippen molar-refractivity contribution in [2.45, 2.75) is 38.3 Å². The van der Waals surface area contributed by atoms with E-state index < -0.39 is 0 Å². The number of nitrogens with zero attached hydrogens (tertiary/aromatic N) is 5. The maximum absolute atomic E-state index is 13.4. The predicted octanol–water partition coefficient (Wildman–Crippen LogP) is 3.34. The van der Waals surface area contributed by atoms with Crippen molar-refractivity contribution in [3.8, 4) is 5.69 Å². The molecule has 1 aromatic carbocycles. The summed E-state index contributed by atoms with van der Waals surface area (Å²) in [5, 5.41) is 11.9. The van der Waals surface area contributed by atoms with Gasteiger partial charge in [0.15, 0.2) is 0 Å². The number of aromatic nitrogens is 4. The van der Waals surface area contributed by atoms with Gasteiger partial charge in [-0.1, -0.05) is 24.3 Å². The summed E-state index contributed by atoms with van der Waals surface area (Å²) in [5.74, 6) is 0.869. The maximum atomic E-state index is 13.4. The largest absolute Gasteiger partial charge is 0.365 e. The molecule has 30 heavy (non-hydrogen) atoms. The molecule has 7 heteroatoms. The lowest BCUT2D eigenvalue weighted by Gasteiger charge is -2.22. The Labute approximate surface area is 175 Å². The van der Waals surface area contributed by atoms with Gasteiger partial charge < -0.3 is 10.2 Å². The summed E-state index contributed by atoms with van der Waals surface area (Å²) in [6.07, 6.45) is 10.5. The van der Waals surface area contributed by atoms with Crippen molar-refractivity contribution in [2.24, 2.45) is 0 Å². The number of benzene rings is 1. The number of para-hydroxylation sites is 1. The number of carbonyl (C=O) groups excluding carboxylic acids is 1. The molecule has 0 spiro atoms. The van der Waals surface area contributed by atoms with Crippen molar-refractivity contribution in [1.82, 2.24) is 24.9 Å². The number of hydrogen-bond donors (Lipinski definition) is 1. The van der Waals surface area contributed by atoms with Crippen molar-refractivity contribution in [3.63, 3.8) is 0 Å². The summed E-state index contributed by atoms with van der Waals surface area (Å²) in [7, 11) is 0. The minimum atomic E-state index is 0.000957. The van der Waals surface area contributed by atoms with Crippen LogP contribution in [0, 0.1) is 0 Å². The molecule has 2 aliphatic rings. The topological polar surface area (TPSA) is 75.9 Å². The van der Waals surface area contributed by atoms with Crippen LogP contribution in [0.2, 0.25) is 0 Å². The Bertz CT molecular complexity index is 1090. The molecular weight excluding hydrogens is 376 g/mol. The van der Waals surface area contributed by atoms with E-state index in [9.17, 15) is 4.79 Å². The number of amides is 1. The summed E-state index contributed by atoms with van der Waals surface area (Å²) in [6, 6.07) is 12.0. The zero-order valence-corrected chi connectivity index (χ0v) is 16.9. The SMILES string of the molecule is C[C@@H]1C[C@@H](Nc2ccc3c(n2)C=CCC3)CN1C(=O)c1ccccc1-n1nccn1. The summed E-state index contributed by atoms with van der Waals surface area (Å²) < 4.78 is 0. The highest BCUT2D eigenvalue weighted by Crippen LogP contribution is 2.26. The lowest BCUT2D eigenvalue weighted by Crippen LogP contribution is -2.35. The first kappa shape index (κ1) is 18.5. The molecule has 1 saturated heterocycles. The van der Waals surface area contributed by atoms with E-state index in [1.165, 1.54) is 10.4 Å². The van der Waals surface area contributed by atoms with Gasteiger partial charge in [-0.3, -0.25) is 4.79 Å². The highest BCUT2D eigenvalue weighted by atomic mass is 16.2. The molecular formula is C23H24N6O. The number of pyridine rings is 1. The van der Waals surface area contributed by atoms with E-state index in [2.05, 4.69) is 40.7 Å². The van der Waals surface area contributed by atoms with Crippen molar-refractivity contribution in [3.05, 3.63) is 71.7 Å². The molecule has 1 fully saturated rings. The molecule has 0 radical (unpaired) electrons. The van der Waals surface area contributed by atoms with E-state index in [0.717, 1.165) is 30.8 Å². The van der Waals surface area contributed by atoms with Crippen LogP contribution in [0.3, 0.4) is 0 Å². The standard InChI is InChI=1S/C23H24N6O/c1-16-14-18(26-22-11-10-17-6-2-4-8-20(17)27-22)15-28(16)23(30)19-7-3-5-9-21(19)29-24-12-13-25-29/h3-5,7-13,16,18H,2,6,14-15H2,1H3,(H,26,27)/t16-,18-/m1/s1. The fourth-order valence-electron chi connectivity index (χ4n) is 4.33. The lowest BCUT2D eigenvalue weighted by molar-refractivity contribution is 0.0746. The maximum Gasteiger partial charge on any atom is 0.256 e. The number of hydrogen-bond acceptors (Lipinski definition) is 5. The second-order valence-electron chi connectivity index (χ2n) is 7.90. The molecule has 1 N–H and O–H groups in total. The number of carbonyl (C=O) groups is 1. The summed E-state index contributed by atoms with van der Waals surface area (Å²) in [6.45, 7) is 2.73. The third kappa shape index (κ3) is 3.47. The molecule has 152 valence electrons. The normalized spacial score (nSPS) is 20.2. The molecule has 0 unspecified atom stereocenters. The first-order valence-corrected chi connectivity index (χ1v) is 10.4.